The second-order valence-electron chi connectivity index (χ2n) is 4.33. The van der Waals surface area contributed by atoms with Crippen molar-refractivity contribution in [1.82, 2.24) is 10.3 Å². The Bertz CT molecular complexity index is 265. The Balaban J connectivity index is 1.90. The van der Waals surface area contributed by atoms with Crippen LogP contribution in [0.3, 0.4) is 0 Å². The van der Waals surface area contributed by atoms with Gasteiger partial charge in [-0.15, -0.1) is 11.3 Å². The second kappa shape index (κ2) is 5.61. The third-order valence-electron chi connectivity index (χ3n) is 3.20. The fourth-order valence-electron chi connectivity index (χ4n) is 2.32. The minimum Gasteiger partial charge on any atom is -0.305 e. The zero-order valence-electron chi connectivity index (χ0n) is 9.41. The highest BCUT2D eigenvalue weighted by molar-refractivity contribution is 7.09. The van der Waals surface area contributed by atoms with Crippen molar-refractivity contribution in [2.75, 3.05) is 0 Å². The summed E-state index contributed by atoms with van der Waals surface area (Å²) in [6.45, 7) is 2.24. The molecule has 1 aliphatic carbocycles. The van der Waals surface area contributed by atoms with E-state index in [1.54, 1.807) is 11.3 Å². The molecule has 0 saturated heterocycles. The van der Waals surface area contributed by atoms with Gasteiger partial charge in [0.05, 0.1) is 6.04 Å². The lowest BCUT2D eigenvalue weighted by atomic mass is 9.95. The third kappa shape index (κ3) is 3.02. The van der Waals surface area contributed by atoms with Crippen molar-refractivity contribution in [1.29, 1.82) is 0 Å². The van der Waals surface area contributed by atoms with E-state index in [4.69, 9.17) is 0 Å². The molecule has 15 heavy (non-hydrogen) atoms. The molecule has 1 saturated carbocycles. The van der Waals surface area contributed by atoms with E-state index in [9.17, 15) is 0 Å². The number of nitrogens with one attached hydrogen (secondary N) is 1. The lowest BCUT2D eigenvalue weighted by Gasteiger charge is -2.27. The maximum atomic E-state index is 4.41. The van der Waals surface area contributed by atoms with Crippen molar-refractivity contribution in [2.45, 2.75) is 57.5 Å². The van der Waals surface area contributed by atoms with Crippen LogP contribution in [0.2, 0.25) is 0 Å². The standard InChI is InChI=1S/C12H20N2S/c1-2-11(12-13-8-9-15-12)14-10-6-4-3-5-7-10/h8-11,14H,2-7H2,1H3. The molecule has 1 aromatic rings. The molecule has 2 nitrogen and oxygen atoms in total. The van der Waals surface area contributed by atoms with Crippen LogP contribution >= 0.6 is 11.3 Å². The molecule has 0 aliphatic heterocycles. The molecule has 0 spiro atoms. The molecule has 0 aromatic carbocycles. The number of nitrogens with zero attached hydrogens (tertiary/aromatic N) is 1. The summed E-state index contributed by atoms with van der Waals surface area (Å²) in [7, 11) is 0. The molecule has 1 aliphatic rings. The zero-order chi connectivity index (χ0) is 10.5. The van der Waals surface area contributed by atoms with Gasteiger partial charge >= 0.3 is 0 Å². The van der Waals surface area contributed by atoms with E-state index >= 15 is 0 Å². The molecule has 1 heterocycles. The van der Waals surface area contributed by atoms with Crippen LogP contribution in [-0.4, -0.2) is 11.0 Å². The number of hydrogen-bond acceptors (Lipinski definition) is 3. The molecule has 2 rings (SSSR count). The SMILES string of the molecule is CCC(NC1CCCCC1)c1nccs1. The van der Waals surface area contributed by atoms with Gasteiger partial charge in [0.25, 0.3) is 0 Å². The van der Waals surface area contributed by atoms with Crippen molar-refractivity contribution >= 4 is 11.3 Å². The van der Waals surface area contributed by atoms with Crippen molar-refractivity contribution in [3.63, 3.8) is 0 Å². The molecule has 0 radical (unpaired) electrons. The summed E-state index contributed by atoms with van der Waals surface area (Å²) < 4.78 is 0. The van der Waals surface area contributed by atoms with Gasteiger partial charge in [0.1, 0.15) is 5.01 Å². The average molecular weight is 224 g/mol. The summed E-state index contributed by atoms with van der Waals surface area (Å²) in [5, 5.41) is 7.08. The molecule has 84 valence electrons. The number of thiazole rings is 1. The molecular weight excluding hydrogens is 204 g/mol. The molecular formula is C12H20N2S. The van der Waals surface area contributed by atoms with E-state index in [0.717, 1.165) is 12.5 Å². The fourth-order valence-corrected chi connectivity index (χ4v) is 3.11. The third-order valence-corrected chi connectivity index (χ3v) is 4.09. The Morgan fingerprint density at radius 2 is 2.27 bits per heavy atom. The predicted octanol–water partition coefficient (Wildman–Crippen LogP) is 3.52. The molecule has 1 N–H and O–H groups in total. The minimum atomic E-state index is 0.480. The molecule has 1 unspecified atom stereocenters. The van der Waals surface area contributed by atoms with Gasteiger partial charge in [-0.1, -0.05) is 26.2 Å². The number of rotatable bonds is 4. The van der Waals surface area contributed by atoms with E-state index in [1.165, 1.54) is 37.1 Å². The van der Waals surface area contributed by atoms with Crippen molar-refractivity contribution in [3.8, 4) is 0 Å². The van der Waals surface area contributed by atoms with E-state index in [0.29, 0.717) is 6.04 Å². The predicted molar refractivity (Wildman–Crippen MR) is 65.2 cm³/mol. The highest BCUT2D eigenvalue weighted by Gasteiger charge is 2.19. The van der Waals surface area contributed by atoms with Crippen molar-refractivity contribution < 1.29 is 0 Å². The van der Waals surface area contributed by atoms with Crippen molar-refractivity contribution in [3.05, 3.63) is 16.6 Å². The Morgan fingerprint density at radius 3 is 2.87 bits per heavy atom. The first-order valence-corrected chi connectivity index (χ1v) is 6.93. The maximum absolute atomic E-state index is 4.41. The smallest absolute Gasteiger partial charge is 0.109 e. The van der Waals surface area contributed by atoms with Gasteiger partial charge in [0, 0.05) is 17.6 Å². The fraction of sp³-hybridized carbons (Fsp3) is 0.750. The summed E-state index contributed by atoms with van der Waals surface area (Å²) in [5.41, 5.74) is 0. The first kappa shape index (κ1) is 11.1. The summed E-state index contributed by atoms with van der Waals surface area (Å²) in [4.78, 5) is 4.41. The van der Waals surface area contributed by atoms with E-state index in [1.807, 2.05) is 6.20 Å². The van der Waals surface area contributed by atoms with Gasteiger partial charge in [0.15, 0.2) is 0 Å². The molecule has 1 atom stereocenters. The van der Waals surface area contributed by atoms with Crippen LogP contribution in [-0.2, 0) is 0 Å². The van der Waals surface area contributed by atoms with Gasteiger partial charge < -0.3 is 5.32 Å². The highest BCUT2D eigenvalue weighted by Crippen LogP contribution is 2.24. The number of aromatic nitrogens is 1. The summed E-state index contributed by atoms with van der Waals surface area (Å²) >= 11 is 1.77. The Kier molecular flexibility index (Phi) is 4.15. The summed E-state index contributed by atoms with van der Waals surface area (Å²) in [5.74, 6) is 0. The van der Waals surface area contributed by atoms with Crippen LogP contribution in [0.15, 0.2) is 11.6 Å². The van der Waals surface area contributed by atoms with Crippen LogP contribution < -0.4 is 5.32 Å². The summed E-state index contributed by atoms with van der Waals surface area (Å²) in [6, 6.07) is 1.21. The average Bonchev–Trinajstić information content (AvgIpc) is 2.81. The van der Waals surface area contributed by atoms with Crippen LogP contribution in [0.25, 0.3) is 0 Å². The zero-order valence-corrected chi connectivity index (χ0v) is 10.2. The second-order valence-corrected chi connectivity index (χ2v) is 5.26. The molecule has 1 aromatic heterocycles. The Labute approximate surface area is 96.1 Å². The number of hydrogen-bond donors (Lipinski definition) is 1. The monoisotopic (exact) mass is 224 g/mol. The van der Waals surface area contributed by atoms with Gasteiger partial charge in [-0.3, -0.25) is 0 Å². The lowest BCUT2D eigenvalue weighted by Crippen LogP contribution is -2.34. The van der Waals surface area contributed by atoms with E-state index in [-0.39, 0.29) is 0 Å². The van der Waals surface area contributed by atoms with Crippen LogP contribution in [0.4, 0.5) is 0 Å². The van der Waals surface area contributed by atoms with Crippen molar-refractivity contribution in [2.24, 2.45) is 0 Å². The van der Waals surface area contributed by atoms with Gasteiger partial charge in [-0.25, -0.2) is 4.98 Å². The maximum Gasteiger partial charge on any atom is 0.109 e. The molecule has 0 bridgehead atoms. The molecule has 3 heteroatoms. The minimum absolute atomic E-state index is 0.480. The summed E-state index contributed by atoms with van der Waals surface area (Å²) in [6.07, 6.45) is 9.96. The Hall–Kier alpha value is -0.410. The van der Waals surface area contributed by atoms with Crippen LogP contribution in [0.5, 0.6) is 0 Å². The Morgan fingerprint density at radius 1 is 1.47 bits per heavy atom. The quantitative estimate of drug-likeness (QED) is 0.846. The topological polar surface area (TPSA) is 24.9 Å². The first-order chi connectivity index (χ1) is 7.40. The van der Waals surface area contributed by atoms with Crippen LogP contribution in [0.1, 0.15) is 56.5 Å². The van der Waals surface area contributed by atoms with Crippen LogP contribution in [0, 0.1) is 0 Å². The highest BCUT2D eigenvalue weighted by atomic mass is 32.1. The normalized spacial score (nSPS) is 20.3. The molecule has 1 fully saturated rings. The van der Waals surface area contributed by atoms with Gasteiger partial charge in [-0.05, 0) is 19.3 Å². The largest absolute Gasteiger partial charge is 0.305 e. The van der Waals surface area contributed by atoms with Gasteiger partial charge in [0.2, 0.25) is 0 Å². The lowest BCUT2D eigenvalue weighted by molar-refractivity contribution is 0.334. The van der Waals surface area contributed by atoms with Gasteiger partial charge in [-0.2, -0.15) is 0 Å². The van der Waals surface area contributed by atoms with E-state index in [2.05, 4.69) is 22.6 Å². The van der Waals surface area contributed by atoms with E-state index < -0.39 is 0 Å². The molecule has 0 amide bonds. The first-order valence-electron chi connectivity index (χ1n) is 6.05.